The molecule has 9 heteroatoms. The molecular weight excluding hydrogens is 366 g/mol. The van der Waals surface area contributed by atoms with Crippen LogP contribution in [-0.2, 0) is 14.8 Å². The number of guanidine groups is 1. The zero-order valence-electron chi connectivity index (χ0n) is 14.9. The van der Waals surface area contributed by atoms with Crippen molar-refractivity contribution in [3.05, 3.63) is 59.7 Å². The van der Waals surface area contributed by atoms with Crippen LogP contribution in [0.1, 0.15) is 12.5 Å². The van der Waals surface area contributed by atoms with Crippen LogP contribution in [0.4, 0.5) is 11.4 Å². The molecule has 0 fully saturated rings. The van der Waals surface area contributed by atoms with Crippen LogP contribution in [-0.4, -0.2) is 27.3 Å². The maximum Gasteiger partial charge on any atom is 0.275 e. The maximum absolute atomic E-state index is 11.7. The number of aliphatic imine (C=N–C) groups is 1. The molecule has 0 aliphatic rings. The van der Waals surface area contributed by atoms with Crippen LogP contribution in [0.15, 0.2) is 64.0 Å². The molecule has 0 atom stereocenters. The van der Waals surface area contributed by atoms with Crippen molar-refractivity contribution in [2.24, 2.45) is 16.5 Å². The molecule has 6 N–H and O–H groups in total. The number of nitrogens with one attached hydrogen (secondary N) is 2. The Morgan fingerprint density at radius 2 is 1.52 bits per heavy atom. The van der Waals surface area contributed by atoms with Gasteiger partial charge in [0.05, 0.1) is 4.90 Å². The summed E-state index contributed by atoms with van der Waals surface area (Å²) in [7, 11) is -2.09. The average Bonchev–Trinajstić information content (AvgIpc) is 2.63. The third kappa shape index (κ3) is 5.66. The zero-order valence-corrected chi connectivity index (χ0v) is 15.7. The van der Waals surface area contributed by atoms with Gasteiger partial charge >= 0.3 is 0 Å². The summed E-state index contributed by atoms with van der Waals surface area (Å²) in [4.78, 5) is 15.4. The molecule has 0 aliphatic heterocycles. The number of nitrogens with zero attached hydrogens (tertiary/aromatic N) is 1. The first-order valence-electron chi connectivity index (χ1n) is 7.94. The van der Waals surface area contributed by atoms with Crippen LogP contribution >= 0.6 is 0 Å². The third-order valence-electron chi connectivity index (χ3n) is 3.58. The predicted octanol–water partition coefficient (Wildman–Crippen LogP) is 1.54. The summed E-state index contributed by atoms with van der Waals surface area (Å²) in [6.07, 6.45) is 1.68. The Kier molecular flexibility index (Phi) is 6.32. The highest BCUT2D eigenvalue weighted by atomic mass is 32.2. The molecule has 142 valence electrons. The lowest BCUT2D eigenvalue weighted by molar-refractivity contribution is -0.114. The van der Waals surface area contributed by atoms with Crippen LogP contribution in [0.3, 0.4) is 0 Å². The average molecular weight is 387 g/mol. The van der Waals surface area contributed by atoms with Gasteiger partial charge in [-0.05, 0) is 62.0 Å². The Morgan fingerprint density at radius 1 is 1.00 bits per heavy atom. The van der Waals surface area contributed by atoms with Crippen molar-refractivity contribution < 1.29 is 13.2 Å². The highest BCUT2D eigenvalue weighted by Gasteiger charge is 2.10. The molecule has 2 rings (SSSR count). The van der Waals surface area contributed by atoms with E-state index in [1.807, 2.05) is 24.3 Å². The summed E-state index contributed by atoms with van der Waals surface area (Å²) in [5, 5.41) is 3.17. The molecule has 0 aliphatic carbocycles. The number of nitrogens with two attached hydrogens (primary N) is 2. The largest absolute Gasteiger partial charge is 0.370 e. The number of carbonyl (C=O) groups is 1. The number of benzene rings is 2. The third-order valence-corrected chi connectivity index (χ3v) is 5.01. The summed E-state index contributed by atoms with van der Waals surface area (Å²) >= 11 is 0. The van der Waals surface area contributed by atoms with Gasteiger partial charge in [-0.15, -0.1) is 0 Å². The Labute approximate surface area is 158 Å². The molecule has 0 unspecified atom stereocenters. The molecule has 8 nitrogen and oxygen atoms in total. The Bertz CT molecular complexity index is 975. The minimum Gasteiger partial charge on any atom is -0.370 e. The van der Waals surface area contributed by atoms with Gasteiger partial charge in [-0.1, -0.05) is 12.1 Å². The van der Waals surface area contributed by atoms with Gasteiger partial charge in [0.25, 0.3) is 5.91 Å². The van der Waals surface area contributed by atoms with Crippen molar-refractivity contribution in [2.45, 2.75) is 11.8 Å². The molecule has 0 spiro atoms. The SMILES string of the molecule is CNS(=O)(=O)c1ccc(Nc2ccc(/C=C(\C)C(=O)N=C(N)N)cc2)cc1. The molecule has 0 heterocycles. The number of amides is 1. The molecule has 0 saturated heterocycles. The van der Waals surface area contributed by atoms with E-state index in [2.05, 4.69) is 15.0 Å². The fourth-order valence-corrected chi connectivity index (χ4v) is 2.91. The van der Waals surface area contributed by atoms with E-state index in [4.69, 9.17) is 11.5 Å². The number of rotatable bonds is 6. The van der Waals surface area contributed by atoms with Gasteiger partial charge in [0.1, 0.15) is 0 Å². The maximum atomic E-state index is 11.7. The van der Waals surface area contributed by atoms with E-state index >= 15 is 0 Å². The van der Waals surface area contributed by atoms with Crippen LogP contribution in [0.2, 0.25) is 0 Å². The first-order valence-corrected chi connectivity index (χ1v) is 9.42. The summed E-state index contributed by atoms with van der Waals surface area (Å²) in [5.74, 6) is -0.769. The van der Waals surface area contributed by atoms with E-state index in [1.165, 1.54) is 19.2 Å². The van der Waals surface area contributed by atoms with E-state index in [0.717, 1.165) is 16.9 Å². The molecule has 2 aromatic rings. The smallest absolute Gasteiger partial charge is 0.275 e. The predicted molar refractivity (Wildman–Crippen MR) is 107 cm³/mol. The van der Waals surface area contributed by atoms with Gasteiger partial charge < -0.3 is 16.8 Å². The quantitative estimate of drug-likeness (QED) is 0.337. The number of hydrogen-bond acceptors (Lipinski definition) is 4. The van der Waals surface area contributed by atoms with Crippen LogP contribution in [0.25, 0.3) is 6.08 Å². The van der Waals surface area contributed by atoms with E-state index in [1.54, 1.807) is 25.1 Å². The second-order valence-corrected chi connectivity index (χ2v) is 7.53. The van der Waals surface area contributed by atoms with Gasteiger partial charge in [-0.25, -0.2) is 13.1 Å². The normalized spacial score (nSPS) is 11.7. The first-order chi connectivity index (χ1) is 12.7. The van der Waals surface area contributed by atoms with Gasteiger partial charge in [0.2, 0.25) is 10.0 Å². The minimum absolute atomic E-state index is 0.192. The standard InChI is InChI=1S/C18H21N5O3S/c1-12(17(24)23-18(19)20)11-13-3-5-14(6-4-13)22-15-7-9-16(10-8-15)27(25,26)21-2/h3-11,21-22H,1-2H3,(H4,19,20,23,24)/b12-11+. The van der Waals surface area contributed by atoms with E-state index in [-0.39, 0.29) is 10.9 Å². The zero-order chi connectivity index (χ0) is 20.0. The number of carbonyl (C=O) groups excluding carboxylic acids is 1. The highest BCUT2D eigenvalue weighted by molar-refractivity contribution is 7.89. The molecule has 0 saturated carbocycles. The minimum atomic E-state index is -3.46. The number of sulfonamides is 1. The van der Waals surface area contributed by atoms with Crippen molar-refractivity contribution in [1.82, 2.24) is 4.72 Å². The fourth-order valence-electron chi connectivity index (χ4n) is 2.18. The Hall–Kier alpha value is -3.17. The molecule has 2 aromatic carbocycles. The molecule has 0 radical (unpaired) electrons. The molecule has 0 aromatic heterocycles. The second kappa shape index (κ2) is 8.47. The van der Waals surface area contributed by atoms with Gasteiger partial charge in [0, 0.05) is 16.9 Å². The van der Waals surface area contributed by atoms with Gasteiger partial charge in [-0.3, -0.25) is 4.79 Å². The second-order valence-electron chi connectivity index (χ2n) is 5.65. The number of anilines is 2. The summed E-state index contributed by atoms with van der Waals surface area (Å²) in [6, 6.07) is 13.7. The van der Waals surface area contributed by atoms with E-state index in [0.29, 0.717) is 5.57 Å². The lowest BCUT2D eigenvalue weighted by atomic mass is 10.1. The van der Waals surface area contributed by atoms with Crippen LogP contribution in [0.5, 0.6) is 0 Å². The fraction of sp³-hybridized carbons (Fsp3) is 0.111. The van der Waals surface area contributed by atoms with Gasteiger partial charge in [0.15, 0.2) is 5.96 Å². The number of hydrogen-bond donors (Lipinski definition) is 4. The molecular formula is C18H21N5O3S. The van der Waals surface area contributed by atoms with Crippen LogP contribution in [0, 0.1) is 0 Å². The molecule has 0 bridgehead atoms. The van der Waals surface area contributed by atoms with Crippen molar-refractivity contribution in [3.63, 3.8) is 0 Å². The highest BCUT2D eigenvalue weighted by Crippen LogP contribution is 2.20. The Balaban J connectivity index is 2.10. The van der Waals surface area contributed by atoms with E-state index < -0.39 is 15.9 Å². The monoisotopic (exact) mass is 387 g/mol. The summed E-state index contributed by atoms with van der Waals surface area (Å²) < 4.78 is 25.7. The van der Waals surface area contributed by atoms with Crippen LogP contribution < -0.4 is 21.5 Å². The lowest BCUT2D eigenvalue weighted by Crippen LogP contribution is -2.24. The van der Waals surface area contributed by atoms with Crippen molar-refractivity contribution in [3.8, 4) is 0 Å². The van der Waals surface area contributed by atoms with Crippen molar-refractivity contribution in [1.29, 1.82) is 0 Å². The molecule has 1 amide bonds. The summed E-state index contributed by atoms with van der Waals surface area (Å²) in [5.41, 5.74) is 13.2. The van der Waals surface area contributed by atoms with E-state index in [9.17, 15) is 13.2 Å². The van der Waals surface area contributed by atoms with Crippen molar-refractivity contribution >= 4 is 39.3 Å². The van der Waals surface area contributed by atoms with Gasteiger partial charge in [-0.2, -0.15) is 4.99 Å². The molecule has 27 heavy (non-hydrogen) atoms. The topological polar surface area (TPSA) is 140 Å². The first kappa shape index (κ1) is 20.1. The summed E-state index contributed by atoms with van der Waals surface area (Å²) in [6.45, 7) is 1.63. The Morgan fingerprint density at radius 3 is 2.00 bits per heavy atom. The van der Waals surface area contributed by atoms with Crippen molar-refractivity contribution in [2.75, 3.05) is 12.4 Å². The lowest BCUT2D eigenvalue weighted by Gasteiger charge is -2.08.